The zero-order valence-electron chi connectivity index (χ0n) is 10.7. The van der Waals surface area contributed by atoms with Gasteiger partial charge in [0.15, 0.2) is 11.5 Å². The minimum absolute atomic E-state index is 0.0166. The lowest BCUT2D eigenvalue weighted by Crippen LogP contribution is -2.16. The molecule has 0 fully saturated rings. The Morgan fingerprint density at radius 3 is 2.67 bits per heavy atom. The van der Waals surface area contributed by atoms with Crippen LogP contribution in [-0.4, -0.2) is 32.7 Å². The molecule has 1 rings (SSSR count). The van der Waals surface area contributed by atoms with Gasteiger partial charge >= 0.3 is 0 Å². The summed E-state index contributed by atoms with van der Waals surface area (Å²) in [4.78, 5) is 10.8. The fourth-order valence-corrected chi connectivity index (χ4v) is 1.90. The topological polar surface area (TPSA) is 44.8 Å². The predicted octanol–water partition coefficient (Wildman–Crippen LogP) is 3.07. The van der Waals surface area contributed by atoms with Crippen LogP contribution in [0.5, 0.6) is 11.5 Å². The van der Waals surface area contributed by atoms with Crippen molar-refractivity contribution in [3.05, 3.63) is 22.2 Å². The normalized spacial score (nSPS) is 12.0. The molecular formula is C13H17BrO4. The van der Waals surface area contributed by atoms with Crippen molar-refractivity contribution in [1.29, 1.82) is 0 Å². The third kappa shape index (κ3) is 3.99. The van der Waals surface area contributed by atoms with Crippen LogP contribution in [0.1, 0.15) is 24.2 Å². The average Bonchev–Trinajstić information content (AvgIpc) is 2.37. The Balaban J connectivity index is 2.96. The molecule has 1 unspecified atom stereocenters. The smallest absolute Gasteiger partial charge is 0.175 e. The van der Waals surface area contributed by atoms with E-state index in [0.29, 0.717) is 34.7 Å². The van der Waals surface area contributed by atoms with Crippen molar-refractivity contribution in [3.63, 3.8) is 0 Å². The van der Waals surface area contributed by atoms with Crippen LogP contribution in [0.3, 0.4) is 0 Å². The molecule has 0 saturated carbocycles. The second kappa shape index (κ2) is 7.38. The van der Waals surface area contributed by atoms with Gasteiger partial charge in [-0.15, -0.1) is 0 Å². The fraction of sp³-hybridized carbons (Fsp3) is 0.462. The summed E-state index contributed by atoms with van der Waals surface area (Å²) in [5.74, 6) is 1.14. The molecule has 1 aromatic rings. The fourth-order valence-electron chi connectivity index (χ4n) is 1.33. The van der Waals surface area contributed by atoms with Gasteiger partial charge in [0.1, 0.15) is 12.9 Å². The van der Waals surface area contributed by atoms with Gasteiger partial charge in [0.05, 0.1) is 17.2 Å². The monoisotopic (exact) mass is 316 g/mol. The molecule has 0 aliphatic rings. The van der Waals surface area contributed by atoms with Gasteiger partial charge in [0, 0.05) is 12.7 Å². The first-order chi connectivity index (χ1) is 8.62. The molecule has 0 aromatic heterocycles. The maximum absolute atomic E-state index is 10.8. The van der Waals surface area contributed by atoms with E-state index in [0.717, 1.165) is 6.29 Å². The summed E-state index contributed by atoms with van der Waals surface area (Å²) in [7, 11) is 1.63. The molecule has 0 aliphatic heterocycles. The van der Waals surface area contributed by atoms with E-state index in [-0.39, 0.29) is 6.10 Å². The lowest BCUT2D eigenvalue weighted by Gasteiger charge is -2.16. The Hall–Kier alpha value is -1.07. The van der Waals surface area contributed by atoms with Crippen LogP contribution in [0.15, 0.2) is 16.6 Å². The molecule has 100 valence electrons. The summed E-state index contributed by atoms with van der Waals surface area (Å²) in [5, 5.41) is 0. The van der Waals surface area contributed by atoms with Crippen LogP contribution in [0.4, 0.5) is 0 Å². The number of benzene rings is 1. The maximum Gasteiger partial charge on any atom is 0.175 e. The Labute approximate surface area is 115 Å². The van der Waals surface area contributed by atoms with Crippen molar-refractivity contribution >= 4 is 22.2 Å². The summed E-state index contributed by atoms with van der Waals surface area (Å²) in [6, 6.07) is 3.36. The summed E-state index contributed by atoms with van der Waals surface area (Å²) < 4.78 is 16.9. The molecule has 4 nitrogen and oxygen atoms in total. The second-order valence-corrected chi connectivity index (χ2v) is 4.59. The third-order valence-electron chi connectivity index (χ3n) is 2.33. The van der Waals surface area contributed by atoms with Crippen molar-refractivity contribution < 1.29 is 19.0 Å². The molecule has 1 atom stereocenters. The van der Waals surface area contributed by atoms with E-state index < -0.39 is 0 Å². The molecule has 0 radical (unpaired) electrons. The molecule has 0 spiro atoms. The maximum atomic E-state index is 10.8. The minimum atomic E-state index is -0.0166. The number of hydrogen-bond acceptors (Lipinski definition) is 4. The highest BCUT2D eigenvalue weighted by atomic mass is 79.9. The van der Waals surface area contributed by atoms with Gasteiger partial charge in [-0.05, 0) is 41.9 Å². The van der Waals surface area contributed by atoms with Gasteiger partial charge in [-0.1, -0.05) is 0 Å². The van der Waals surface area contributed by atoms with Crippen LogP contribution in [0, 0.1) is 0 Å². The van der Waals surface area contributed by atoms with Crippen LogP contribution in [0.2, 0.25) is 0 Å². The van der Waals surface area contributed by atoms with E-state index in [1.807, 2.05) is 13.8 Å². The first-order valence-electron chi connectivity index (χ1n) is 5.69. The van der Waals surface area contributed by atoms with Crippen molar-refractivity contribution in [2.75, 3.05) is 20.3 Å². The summed E-state index contributed by atoms with van der Waals surface area (Å²) >= 11 is 3.38. The van der Waals surface area contributed by atoms with E-state index in [2.05, 4.69) is 15.9 Å². The number of carbonyl (C=O) groups is 1. The number of ether oxygens (including phenoxy) is 3. The van der Waals surface area contributed by atoms with E-state index in [4.69, 9.17) is 14.2 Å². The Bertz CT molecular complexity index is 406. The largest absolute Gasteiger partial charge is 0.490 e. The molecule has 5 heteroatoms. The second-order valence-electron chi connectivity index (χ2n) is 3.74. The Morgan fingerprint density at radius 1 is 1.39 bits per heavy atom. The van der Waals surface area contributed by atoms with Gasteiger partial charge < -0.3 is 14.2 Å². The van der Waals surface area contributed by atoms with Crippen molar-refractivity contribution in [2.45, 2.75) is 20.0 Å². The highest BCUT2D eigenvalue weighted by molar-refractivity contribution is 9.10. The van der Waals surface area contributed by atoms with E-state index in [1.54, 1.807) is 19.2 Å². The zero-order valence-corrected chi connectivity index (χ0v) is 12.3. The van der Waals surface area contributed by atoms with Crippen LogP contribution in [-0.2, 0) is 4.74 Å². The van der Waals surface area contributed by atoms with Crippen molar-refractivity contribution in [1.82, 2.24) is 0 Å². The summed E-state index contributed by atoms with van der Waals surface area (Å²) in [6.45, 7) is 4.71. The number of carbonyl (C=O) groups excluding carboxylic acids is 1. The molecule has 0 amide bonds. The summed E-state index contributed by atoms with van der Waals surface area (Å²) in [6.07, 6.45) is 0.756. The minimum Gasteiger partial charge on any atom is -0.490 e. The summed E-state index contributed by atoms with van der Waals surface area (Å²) in [5.41, 5.74) is 0.539. The number of methoxy groups -OCH3 is 1. The third-order valence-corrected chi connectivity index (χ3v) is 2.92. The predicted molar refractivity (Wildman–Crippen MR) is 72.7 cm³/mol. The Kier molecular flexibility index (Phi) is 6.15. The molecule has 1 aromatic carbocycles. The van der Waals surface area contributed by atoms with Crippen molar-refractivity contribution in [2.24, 2.45) is 0 Å². The average molecular weight is 317 g/mol. The Morgan fingerprint density at radius 2 is 2.11 bits per heavy atom. The van der Waals surface area contributed by atoms with Crippen LogP contribution in [0.25, 0.3) is 0 Å². The quantitative estimate of drug-likeness (QED) is 0.725. The highest BCUT2D eigenvalue weighted by Gasteiger charge is 2.13. The van der Waals surface area contributed by atoms with E-state index in [1.165, 1.54) is 0 Å². The first kappa shape index (κ1) is 15.0. The molecule has 0 saturated heterocycles. The molecular weight excluding hydrogens is 300 g/mol. The number of halogens is 1. The van der Waals surface area contributed by atoms with Crippen LogP contribution >= 0.6 is 15.9 Å². The molecule has 0 bridgehead atoms. The van der Waals surface area contributed by atoms with Crippen LogP contribution < -0.4 is 9.47 Å². The molecule has 0 heterocycles. The molecule has 0 N–H and O–H groups in total. The van der Waals surface area contributed by atoms with Crippen molar-refractivity contribution in [3.8, 4) is 11.5 Å². The zero-order chi connectivity index (χ0) is 13.5. The number of rotatable bonds is 7. The van der Waals surface area contributed by atoms with E-state index >= 15 is 0 Å². The molecule has 18 heavy (non-hydrogen) atoms. The van der Waals surface area contributed by atoms with Gasteiger partial charge in [-0.3, -0.25) is 4.79 Å². The SMILES string of the molecule is CCOc1cc(C=O)cc(Br)c1OCC(C)OC. The van der Waals surface area contributed by atoms with Gasteiger partial charge in [-0.2, -0.15) is 0 Å². The van der Waals surface area contributed by atoms with Gasteiger partial charge in [0.2, 0.25) is 0 Å². The van der Waals surface area contributed by atoms with Gasteiger partial charge in [-0.25, -0.2) is 0 Å². The molecule has 0 aliphatic carbocycles. The standard InChI is InChI=1S/C13H17BrO4/c1-4-17-12-6-10(7-15)5-11(14)13(12)18-8-9(2)16-3/h5-7,9H,4,8H2,1-3H3. The lowest BCUT2D eigenvalue weighted by atomic mass is 10.2. The lowest BCUT2D eigenvalue weighted by molar-refractivity contribution is 0.0700. The van der Waals surface area contributed by atoms with E-state index in [9.17, 15) is 4.79 Å². The highest BCUT2D eigenvalue weighted by Crippen LogP contribution is 2.36. The van der Waals surface area contributed by atoms with Gasteiger partial charge in [0.25, 0.3) is 0 Å². The first-order valence-corrected chi connectivity index (χ1v) is 6.48. The number of hydrogen-bond donors (Lipinski definition) is 0. The number of aldehydes is 1.